The first kappa shape index (κ1) is 24.3. The molecule has 4 rings (SSSR count). The number of ether oxygens (including phenoxy) is 2. The Hall–Kier alpha value is -3.83. The molecule has 1 saturated heterocycles. The van der Waals surface area contributed by atoms with Crippen molar-refractivity contribution in [2.24, 2.45) is 0 Å². The zero-order valence-corrected chi connectivity index (χ0v) is 20.1. The van der Waals surface area contributed by atoms with E-state index in [1.807, 2.05) is 60.3 Å². The molecule has 1 fully saturated rings. The second-order valence-corrected chi connectivity index (χ2v) is 8.68. The van der Waals surface area contributed by atoms with Gasteiger partial charge in [-0.3, -0.25) is 9.59 Å². The Morgan fingerprint density at radius 2 is 1.74 bits per heavy atom. The van der Waals surface area contributed by atoms with Gasteiger partial charge in [0.2, 0.25) is 5.91 Å². The highest BCUT2D eigenvalue weighted by Crippen LogP contribution is 2.40. The minimum absolute atomic E-state index is 0.0372. The number of carbonyl (C=O) groups is 2. The van der Waals surface area contributed by atoms with E-state index in [1.54, 1.807) is 12.1 Å². The monoisotopic (exact) mass is 474 g/mol. The zero-order chi connectivity index (χ0) is 24.8. The number of nitrogens with zero attached hydrogens (tertiary/aromatic N) is 3. The largest absolute Gasteiger partial charge is 0.489 e. The topological polar surface area (TPSA) is 94.9 Å². The molecule has 2 aliphatic rings. The molecule has 35 heavy (non-hydrogen) atoms. The number of para-hydroxylation sites is 4. The second kappa shape index (κ2) is 11.1. The van der Waals surface area contributed by atoms with Gasteiger partial charge in [-0.1, -0.05) is 24.3 Å². The summed E-state index contributed by atoms with van der Waals surface area (Å²) in [5, 5.41) is 12.6. The molecule has 0 bridgehead atoms. The van der Waals surface area contributed by atoms with Gasteiger partial charge in [0.1, 0.15) is 29.8 Å². The van der Waals surface area contributed by atoms with Crippen molar-refractivity contribution in [1.82, 2.24) is 0 Å². The molecule has 8 nitrogen and oxygen atoms in total. The van der Waals surface area contributed by atoms with Gasteiger partial charge in [-0.15, -0.1) is 0 Å². The number of anilines is 3. The van der Waals surface area contributed by atoms with E-state index in [1.165, 1.54) is 0 Å². The molecule has 2 aromatic carbocycles. The molecular formula is C27H30N4O4. The highest BCUT2D eigenvalue weighted by Gasteiger charge is 2.31. The van der Waals surface area contributed by atoms with Crippen LogP contribution in [0.25, 0.3) is 0 Å². The Morgan fingerprint density at radius 1 is 1.06 bits per heavy atom. The summed E-state index contributed by atoms with van der Waals surface area (Å²) in [4.78, 5) is 29.3. The van der Waals surface area contributed by atoms with Crippen LogP contribution in [0.3, 0.4) is 0 Å². The lowest BCUT2D eigenvalue weighted by atomic mass is 10.1. The van der Waals surface area contributed by atoms with E-state index < -0.39 is 0 Å². The number of hydrogen-bond donors (Lipinski definition) is 1. The number of amides is 1. The first-order valence-corrected chi connectivity index (χ1v) is 11.9. The molecule has 0 saturated carbocycles. The van der Waals surface area contributed by atoms with Crippen LogP contribution < -0.4 is 19.9 Å². The van der Waals surface area contributed by atoms with Gasteiger partial charge in [0.05, 0.1) is 23.2 Å². The Labute approximate surface area is 205 Å². The molecule has 8 heteroatoms. The molecule has 1 amide bonds. The summed E-state index contributed by atoms with van der Waals surface area (Å²) in [6.45, 7) is 1.17. The quantitative estimate of drug-likeness (QED) is 0.452. The van der Waals surface area contributed by atoms with Gasteiger partial charge in [-0.25, -0.2) is 0 Å². The standard InChI is InChI=1S/C27H30N4O4/c1-30-22-11-4-5-12-23(22)31(2)27(30)20(17-28)24(32)14-15-26(33)29-21-10-3-6-13-25(21)35-18-19-9-7-8-16-34-19/h3-6,10-13,19H,7-9,14-16,18H2,1-2H3,(H,29,33). The van der Waals surface area contributed by atoms with Crippen molar-refractivity contribution in [3.05, 3.63) is 59.9 Å². The fourth-order valence-corrected chi connectivity index (χ4v) is 4.44. The summed E-state index contributed by atoms with van der Waals surface area (Å²) in [6.07, 6.45) is 3.10. The van der Waals surface area contributed by atoms with Crippen molar-refractivity contribution in [2.45, 2.75) is 38.2 Å². The molecule has 182 valence electrons. The fourth-order valence-electron chi connectivity index (χ4n) is 4.44. The molecule has 1 N–H and O–H groups in total. The number of fused-ring (bicyclic) bond motifs is 1. The minimum Gasteiger partial charge on any atom is -0.489 e. The van der Waals surface area contributed by atoms with Crippen LogP contribution in [-0.2, 0) is 14.3 Å². The van der Waals surface area contributed by atoms with Crippen molar-refractivity contribution in [1.29, 1.82) is 5.26 Å². The molecule has 0 spiro atoms. The Balaban J connectivity index is 1.37. The molecule has 1 unspecified atom stereocenters. The number of ketones is 1. The average molecular weight is 475 g/mol. The van der Waals surface area contributed by atoms with Gasteiger partial charge in [0, 0.05) is 33.5 Å². The summed E-state index contributed by atoms with van der Waals surface area (Å²) < 4.78 is 11.6. The van der Waals surface area contributed by atoms with E-state index in [9.17, 15) is 14.9 Å². The van der Waals surface area contributed by atoms with E-state index >= 15 is 0 Å². The normalized spacial score (nSPS) is 16.9. The summed E-state index contributed by atoms with van der Waals surface area (Å²) in [5.41, 5.74) is 2.41. The predicted molar refractivity (Wildman–Crippen MR) is 134 cm³/mol. The van der Waals surface area contributed by atoms with Gasteiger partial charge in [0.25, 0.3) is 0 Å². The van der Waals surface area contributed by atoms with Crippen LogP contribution in [0.4, 0.5) is 17.1 Å². The highest BCUT2D eigenvalue weighted by atomic mass is 16.5. The lowest BCUT2D eigenvalue weighted by Crippen LogP contribution is -2.26. The van der Waals surface area contributed by atoms with Gasteiger partial charge in [-0.05, 0) is 43.5 Å². The summed E-state index contributed by atoms with van der Waals surface area (Å²) >= 11 is 0. The third-order valence-electron chi connectivity index (χ3n) is 6.29. The predicted octanol–water partition coefficient (Wildman–Crippen LogP) is 4.24. The lowest BCUT2D eigenvalue weighted by Gasteiger charge is -2.23. The van der Waals surface area contributed by atoms with E-state index in [0.717, 1.165) is 37.2 Å². The molecule has 0 aliphatic carbocycles. The number of nitriles is 1. The number of benzene rings is 2. The number of carbonyl (C=O) groups excluding carboxylic acids is 2. The summed E-state index contributed by atoms with van der Waals surface area (Å²) in [7, 11) is 3.65. The van der Waals surface area contributed by atoms with Gasteiger partial charge in [0.15, 0.2) is 5.78 Å². The van der Waals surface area contributed by atoms with Crippen molar-refractivity contribution in [3.8, 4) is 11.8 Å². The molecule has 0 aromatic heterocycles. The minimum atomic E-state index is -0.372. The smallest absolute Gasteiger partial charge is 0.224 e. The van der Waals surface area contributed by atoms with E-state index in [4.69, 9.17) is 9.47 Å². The first-order valence-electron chi connectivity index (χ1n) is 11.9. The van der Waals surface area contributed by atoms with E-state index in [2.05, 4.69) is 11.4 Å². The van der Waals surface area contributed by atoms with Crippen LogP contribution in [0.5, 0.6) is 5.75 Å². The van der Waals surface area contributed by atoms with Crippen LogP contribution in [0.15, 0.2) is 59.9 Å². The van der Waals surface area contributed by atoms with Crippen LogP contribution in [-0.4, -0.2) is 45.1 Å². The van der Waals surface area contributed by atoms with Crippen molar-refractivity contribution >= 4 is 28.8 Å². The number of hydrogen-bond acceptors (Lipinski definition) is 7. The van der Waals surface area contributed by atoms with Crippen LogP contribution >= 0.6 is 0 Å². The van der Waals surface area contributed by atoms with E-state index in [-0.39, 0.29) is 36.2 Å². The SMILES string of the molecule is CN1C(=C(C#N)C(=O)CCC(=O)Nc2ccccc2OCC2CCCCO2)N(C)c2ccccc21. The zero-order valence-electron chi connectivity index (χ0n) is 20.1. The fraction of sp³-hybridized carbons (Fsp3) is 0.370. The second-order valence-electron chi connectivity index (χ2n) is 8.68. The van der Waals surface area contributed by atoms with Gasteiger partial charge >= 0.3 is 0 Å². The van der Waals surface area contributed by atoms with Crippen LogP contribution in [0.2, 0.25) is 0 Å². The molecule has 2 aliphatic heterocycles. The molecule has 1 atom stereocenters. The van der Waals surface area contributed by atoms with Crippen LogP contribution in [0.1, 0.15) is 32.1 Å². The molecular weight excluding hydrogens is 444 g/mol. The van der Waals surface area contributed by atoms with Crippen molar-refractivity contribution in [2.75, 3.05) is 42.4 Å². The highest BCUT2D eigenvalue weighted by molar-refractivity contribution is 6.04. The Bertz CT molecular complexity index is 1130. The summed E-state index contributed by atoms with van der Waals surface area (Å²) in [5.74, 6) is 0.390. The van der Waals surface area contributed by atoms with Gasteiger partial charge in [-0.2, -0.15) is 5.26 Å². The Morgan fingerprint density at radius 3 is 2.40 bits per heavy atom. The number of Topliss-reactive ketones (excluding diaryl/α,β-unsaturated/α-hetero) is 1. The molecule has 2 aromatic rings. The lowest BCUT2D eigenvalue weighted by molar-refractivity contribution is -0.120. The third-order valence-corrected chi connectivity index (χ3v) is 6.29. The number of allylic oxidation sites excluding steroid dienone is 1. The molecule has 0 radical (unpaired) electrons. The van der Waals surface area contributed by atoms with Crippen molar-refractivity contribution < 1.29 is 19.1 Å². The van der Waals surface area contributed by atoms with E-state index in [0.29, 0.717) is 23.9 Å². The first-order chi connectivity index (χ1) is 17.0. The maximum atomic E-state index is 13.0. The number of rotatable bonds is 8. The maximum absolute atomic E-state index is 13.0. The Kier molecular flexibility index (Phi) is 7.68. The number of nitrogens with one attached hydrogen (secondary N) is 1. The molecule has 2 heterocycles. The van der Waals surface area contributed by atoms with Crippen LogP contribution in [0, 0.1) is 11.3 Å². The average Bonchev–Trinajstić information content (AvgIpc) is 3.13. The van der Waals surface area contributed by atoms with Crippen molar-refractivity contribution in [3.63, 3.8) is 0 Å². The van der Waals surface area contributed by atoms with Gasteiger partial charge < -0.3 is 24.6 Å². The maximum Gasteiger partial charge on any atom is 0.224 e. The third kappa shape index (κ3) is 5.47. The summed E-state index contributed by atoms with van der Waals surface area (Å²) in [6, 6.07) is 17.0.